The van der Waals surface area contributed by atoms with Crippen LogP contribution in [-0.4, -0.2) is 10.1 Å². The minimum atomic E-state index is -0.351. The molecule has 0 saturated carbocycles. The second-order valence-corrected chi connectivity index (χ2v) is 6.32. The molecule has 23 heavy (non-hydrogen) atoms. The largest absolute Gasteiger partial charge is 0.472 e. The molecule has 0 aliphatic rings. The van der Waals surface area contributed by atoms with E-state index in [1.54, 1.807) is 12.1 Å². The van der Waals surface area contributed by atoms with Gasteiger partial charge in [0.05, 0.1) is 11.6 Å². The van der Waals surface area contributed by atoms with Crippen molar-refractivity contribution < 1.29 is 14.2 Å². The minimum absolute atomic E-state index is 0.134. The first-order valence-electron chi connectivity index (χ1n) is 7.21. The monoisotopic (exact) mass is 329 g/mol. The number of aryl methyl sites for hydroxylation is 1. The molecule has 0 aliphatic carbocycles. The lowest BCUT2D eigenvalue weighted by Gasteiger charge is -2.08. The number of nitrogens with zero attached hydrogens (tertiary/aromatic N) is 1. The maximum Gasteiger partial charge on any atom is 0.233 e. The van der Waals surface area contributed by atoms with Gasteiger partial charge in [-0.1, -0.05) is 36.4 Å². The highest BCUT2D eigenvalue weighted by Crippen LogP contribution is 2.37. The standard InChI is InChI=1S/C18H16FNO2S/c1-12-20-18(22-11-13-5-3-2-4-6-13)17(23-12)15-9-14(10-21)7-8-16(15)19/h2-9,21H,10-11H2,1H3. The van der Waals surface area contributed by atoms with E-state index < -0.39 is 0 Å². The van der Waals surface area contributed by atoms with Gasteiger partial charge in [0, 0.05) is 5.56 Å². The Kier molecular flexibility index (Phi) is 4.69. The van der Waals surface area contributed by atoms with Crippen LogP contribution in [0.4, 0.5) is 4.39 Å². The molecule has 3 aromatic rings. The summed E-state index contributed by atoms with van der Waals surface area (Å²) in [4.78, 5) is 5.01. The molecule has 0 saturated heterocycles. The summed E-state index contributed by atoms with van der Waals surface area (Å²) in [6.07, 6.45) is 0. The highest BCUT2D eigenvalue weighted by atomic mass is 32.1. The van der Waals surface area contributed by atoms with E-state index in [-0.39, 0.29) is 12.4 Å². The molecule has 0 radical (unpaired) electrons. The summed E-state index contributed by atoms with van der Waals surface area (Å²) in [5, 5.41) is 10.1. The molecule has 2 aromatic carbocycles. The Morgan fingerprint density at radius 2 is 1.91 bits per heavy atom. The van der Waals surface area contributed by atoms with Crippen LogP contribution in [0, 0.1) is 12.7 Å². The smallest absolute Gasteiger partial charge is 0.233 e. The Morgan fingerprint density at radius 3 is 2.65 bits per heavy atom. The number of rotatable bonds is 5. The maximum atomic E-state index is 14.2. The summed E-state index contributed by atoms with van der Waals surface area (Å²) in [7, 11) is 0. The maximum absolute atomic E-state index is 14.2. The first kappa shape index (κ1) is 15.6. The van der Waals surface area contributed by atoms with Crippen molar-refractivity contribution in [3.63, 3.8) is 0 Å². The number of ether oxygens (including phenoxy) is 1. The number of thiazole rings is 1. The average Bonchev–Trinajstić information content (AvgIpc) is 2.95. The van der Waals surface area contributed by atoms with Gasteiger partial charge in [-0.05, 0) is 30.2 Å². The molecule has 5 heteroatoms. The molecule has 3 rings (SSSR count). The molecule has 0 bridgehead atoms. The van der Waals surface area contributed by atoms with Gasteiger partial charge in [0.1, 0.15) is 17.3 Å². The van der Waals surface area contributed by atoms with E-state index in [9.17, 15) is 9.50 Å². The van der Waals surface area contributed by atoms with Crippen molar-refractivity contribution in [2.24, 2.45) is 0 Å². The summed E-state index contributed by atoms with van der Waals surface area (Å²) in [5.41, 5.74) is 2.08. The summed E-state index contributed by atoms with van der Waals surface area (Å²) < 4.78 is 20.0. The van der Waals surface area contributed by atoms with E-state index in [4.69, 9.17) is 4.74 Å². The average molecular weight is 329 g/mol. The molecule has 3 nitrogen and oxygen atoms in total. The SMILES string of the molecule is Cc1nc(OCc2ccccc2)c(-c2cc(CO)ccc2F)s1. The molecule has 1 heterocycles. The second kappa shape index (κ2) is 6.89. The first-order valence-corrected chi connectivity index (χ1v) is 8.03. The van der Waals surface area contributed by atoms with Crippen LogP contribution in [0.15, 0.2) is 48.5 Å². The van der Waals surface area contributed by atoms with Crippen LogP contribution in [0.1, 0.15) is 16.1 Å². The van der Waals surface area contributed by atoms with Crippen molar-refractivity contribution in [1.29, 1.82) is 0 Å². The van der Waals surface area contributed by atoms with E-state index >= 15 is 0 Å². The van der Waals surface area contributed by atoms with E-state index in [0.29, 0.717) is 28.5 Å². The number of aliphatic hydroxyl groups is 1. The van der Waals surface area contributed by atoms with Crippen LogP contribution in [-0.2, 0) is 13.2 Å². The molecule has 118 valence electrons. The van der Waals surface area contributed by atoms with E-state index in [0.717, 1.165) is 10.6 Å². The van der Waals surface area contributed by atoms with Crippen LogP contribution in [0.25, 0.3) is 10.4 Å². The number of halogens is 1. The Balaban J connectivity index is 1.92. The van der Waals surface area contributed by atoms with Crippen molar-refractivity contribution in [3.8, 4) is 16.3 Å². The lowest BCUT2D eigenvalue weighted by Crippen LogP contribution is -1.97. The summed E-state index contributed by atoms with van der Waals surface area (Å²) in [6.45, 7) is 2.10. The number of benzene rings is 2. The molecule has 0 spiro atoms. The van der Waals surface area contributed by atoms with E-state index in [1.165, 1.54) is 17.4 Å². The molecule has 1 aromatic heterocycles. The van der Waals surface area contributed by atoms with Gasteiger partial charge in [0.15, 0.2) is 0 Å². The fourth-order valence-electron chi connectivity index (χ4n) is 2.25. The lowest BCUT2D eigenvalue weighted by molar-refractivity contribution is 0.281. The zero-order valence-electron chi connectivity index (χ0n) is 12.6. The number of aliphatic hydroxyl groups excluding tert-OH is 1. The fraction of sp³-hybridized carbons (Fsp3) is 0.167. The van der Waals surface area contributed by atoms with Crippen LogP contribution in [0.3, 0.4) is 0 Å². The van der Waals surface area contributed by atoms with E-state index in [1.807, 2.05) is 37.3 Å². The number of hydrogen-bond acceptors (Lipinski definition) is 4. The van der Waals surface area contributed by atoms with Crippen molar-refractivity contribution in [1.82, 2.24) is 4.98 Å². The van der Waals surface area contributed by atoms with E-state index in [2.05, 4.69) is 4.98 Å². The van der Waals surface area contributed by atoms with Crippen LogP contribution >= 0.6 is 11.3 Å². The topological polar surface area (TPSA) is 42.4 Å². The number of aromatic nitrogens is 1. The first-order chi connectivity index (χ1) is 11.2. The van der Waals surface area contributed by atoms with Crippen LogP contribution < -0.4 is 4.74 Å². The summed E-state index contributed by atoms with van der Waals surface area (Å²) in [5.74, 6) is 0.0701. The molecule has 0 aliphatic heterocycles. The zero-order valence-corrected chi connectivity index (χ0v) is 13.4. The molecular weight excluding hydrogens is 313 g/mol. The third-order valence-corrected chi connectivity index (χ3v) is 4.36. The van der Waals surface area contributed by atoms with Gasteiger partial charge in [0.25, 0.3) is 0 Å². The molecule has 0 amide bonds. The van der Waals surface area contributed by atoms with Crippen molar-refractivity contribution in [3.05, 3.63) is 70.5 Å². The highest BCUT2D eigenvalue weighted by molar-refractivity contribution is 7.15. The molecule has 0 atom stereocenters. The third-order valence-electron chi connectivity index (χ3n) is 3.38. The Bertz CT molecular complexity index is 802. The van der Waals surface area contributed by atoms with Crippen LogP contribution in [0.2, 0.25) is 0 Å². The summed E-state index contributed by atoms with van der Waals surface area (Å²) >= 11 is 1.38. The third kappa shape index (κ3) is 3.57. The van der Waals surface area contributed by atoms with Gasteiger partial charge in [-0.3, -0.25) is 0 Å². The second-order valence-electron chi connectivity index (χ2n) is 5.11. The van der Waals surface area contributed by atoms with Gasteiger partial charge in [-0.25, -0.2) is 9.37 Å². The molecule has 0 unspecified atom stereocenters. The quantitative estimate of drug-likeness (QED) is 0.757. The van der Waals surface area contributed by atoms with Crippen LogP contribution in [0.5, 0.6) is 5.88 Å². The van der Waals surface area contributed by atoms with Crippen molar-refractivity contribution in [2.45, 2.75) is 20.1 Å². The Labute approximate surface area is 138 Å². The Morgan fingerprint density at radius 1 is 1.13 bits per heavy atom. The molecular formula is C18H16FNO2S. The van der Waals surface area contributed by atoms with Gasteiger partial charge < -0.3 is 9.84 Å². The van der Waals surface area contributed by atoms with Gasteiger partial charge in [0.2, 0.25) is 5.88 Å². The van der Waals surface area contributed by atoms with Crippen molar-refractivity contribution >= 4 is 11.3 Å². The van der Waals surface area contributed by atoms with Gasteiger partial charge >= 0.3 is 0 Å². The molecule has 1 N–H and O–H groups in total. The predicted octanol–water partition coefficient (Wildman–Crippen LogP) is 4.33. The fourth-order valence-corrected chi connectivity index (χ4v) is 3.13. The van der Waals surface area contributed by atoms with Gasteiger partial charge in [-0.15, -0.1) is 11.3 Å². The Hall–Kier alpha value is -2.24. The zero-order chi connectivity index (χ0) is 16.2. The van der Waals surface area contributed by atoms with Gasteiger partial charge in [-0.2, -0.15) is 0 Å². The lowest BCUT2D eigenvalue weighted by atomic mass is 10.1. The van der Waals surface area contributed by atoms with Crippen molar-refractivity contribution in [2.75, 3.05) is 0 Å². The number of hydrogen-bond donors (Lipinski definition) is 1. The highest BCUT2D eigenvalue weighted by Gasteiger charge is 2.17. The minimum Gasteiger partial charge on any atom is -0.472 e. The predicted molar refractivity (Wildman–Crippen MR) is 88.9 cm³/mol. The molecule has 0 fully saturated rings. The summed E-state index contributed by atoms with van der Waals surface area (Å²) in [6, 6.07) is 14.3. The normalized spacial score (nSPS) is 10.7.